The highest BCUT2D eigenvalue weighted by molar-refractivity contribution is 5.94. The second-order valence-corrected chi connectivity index (χ2v) is 6.11. The molecule has 4 aromatic rings. The van der Waals surface area contributed by atoms with Crippen LogP contribution in [0.4, 0.5) is 4.39 Å². The average Bonchev–Trinajstić information content (AvgIpc) is 3.24. The fourth-order valence-corrected chi connectivity index (χ4v) is 2.83. The molecule has 0 saturated carbocycles. The maximum absolute atomic E-state index is 14.5. The van der Waals surface area contributed by atoms with E-state index in [0.29, 0.717) is 11.5 Å². The van der Waals surface area contributed by atoms with Crippen LogP contribution in [0, 0.1) is 5.82 Å². The van der Waals surface area contributed by atoms with Crippen molar-refractivity contribution in [2.24, 2.45) is 0 Å². The summed E-state index contributed by atoms with van der Waals surface area (Å²) >= 11 is 0. The highest BCUT2D eigenvalue weighted by Gasteiger charge is 2.26. The second kappa shape index (κ2) is 7.84. The molecule has 3 aromatic carbocycles. The van der Waals surface area contributed by atoms with Crippen molar-refractivity contribution in [3.8, 4) is 11.5 Å². The van der Waals surface area contributed by atoms with E-state index in [0.717, 1.165) is 5.56 Å². The molecule has 1 heterocycles. The molecule has 28 heavy (non-hydrogen) atoms. The molecule has 1 atom stereocenters. The van der Waals surface area contributed by atoms with Gasteiger partial charge in [-0.2, -0.15) is 0 Å². The number of aromatic nitrogens is 2. The van der Waals surface area contributed by atoms with E-state index >= 15 is 0 Å². The predicted octanol–water partition coefficient (Wildman–Crippen LogP) is 4.40. The number of hydrogen-bond acceptors (Lipinski definition) is 4. The Morgan fingerprint density at radius 1 is 0.857 bits per heavy atom. The van der Waals surface area contributed by atoms with Gasteiger partial charge in [0.15, 0.2) is 0 Å². The summed E-state index contributed by atoms with van der Waals surface area (Å²) in [5, 5.41) is 10.9. The molecule has 0 spiro atoms. The predicted molar refractivity (Wildman–Crippen MR) is 102 cm³/mol. The molecule has 1 aromatic heterocycles. The van der Waals surface area contributed by atoms with Crippen LogP contribution >= 0.6 is 0 Å². The van der Waals surface area contributed by atoms with Crippen molar-refractivity contribution in [1.29, 1.82) is 0 Å². The number of amides is 1. The third kappa shape index (κ3) is 3.66. The standard InChI is InChI=1S/C22H16FN3O2/c23-18-14-8-7-13-17(18)19(24-20(27)15-9-3-1-4-10-15)22-26-25-21(28-22)16-11-5-2-6-12-16/h1-14,19H,(H,24,27)/t19-/m1/s1. The van der Waals surface area contributed by atoms with Crippen molar-refractivity contribution in [1.82, 2.24) is 15.5 Å². The maximum Gasteiger partial charge on any atom is 0.252 e. The first-order chi connectivity index (χ1) is 13.7. The zero-order valence-electron chi connectivity index (χ0n) is 14.7. The molecule has 4 rings (SSSR count). The minimum atomic E-state index is -0.918. The van der Waals surface area contributed by atoms with E-state index in [-0.39, 0.29) is 17.4 Å². The zero-order chi connectivity index (χ0) is 19.3. The van der Waals surface area contributed by atoms with Crippen LogP contribution in [0.15, 0.2) is 89.3 Å². The molecular weight excluding hydrogens is 357 g/mol. The van der Waals surface area contributed by atoms with Gasteiger partial charge >= 0.3 is 0 Å². The molecular formula is C22H16FN3O2. The van der Waals surface area contributed by atoms with Crippen molar-refractivity contribution < 1.29 is 13.6 Å². The summed E-state index contributed by atoms with van der Waals surface area (Å²) in [7, 11) is 0. The van der Waals surface area contributed by atoms with E-state index in [1.165, 1.54) is 6.07 Å². The van der Waals surface area contributed by atoms with Crippen LogP contribution in [0.25, 0.3) is 11.5 Å². The second-order valence-electron chi connectivity index (χ2n) is 6.11. The van der Waals surface area contributed by atoms with Gasteiger partial charge in [-0.1, -0.05) is 54.6 Å². The van der Waals surface area contributed by atoms with Gasteiger partial charge in [0, 0.05) is 16.7 Å². The smallest absolute Gasteiger partial charge is 0.252 e. The van der Waals surface area contributed by atoms with Crippen LogP contribution in [0.2, 0.25) is 0 Å². The van der Waals surface area contributed by atoms with E-state index in [1.54, 1.807) is 42.5 Å². The number of hydrogen-bond donors (Lipinski definition) is 1. The van der Waals surface area contributed by atoms with Crippen LogP contribution in [0.1, 0.15) is 27.9 Å². The molecule has 0 fully saturated rings. The van der Waals surface area contributed by atoms with Gasteiger partial charge in [-0.3, -0.25) is 4.79 Å². The van der Waals surface area contributed by atoms with Crippen molar-refractivity contribution in [2.45, 2.75) is 6.04 Å². The fraction of sp³-hybridized carbons (Fsp3) is 0.0455. The Morgan fingerprint density at radius 2 is 1.50 bits per heavy atom. The van der Waals surface area contributed by atoms with Gasteiger partial charge in [0.2, 0.25) is 11.8 Å². The third-order valence-electron chi connectivity index (χ3n) is 4.24. The van der Waals surface area contributed by atoms with Crippen molar-refractivity contribution in [2.75, 3.05) is 0 Å². The molecule has 0 radical (unpaired) electrons. The van der Waals surface area contributed by atoms with Gasteiger partial charge in [0.1, 0.15) is 11.9 Å². The highest BCUT2D eigenvalue weighted by Crippen LogP contribution is 2.27. The molecule has 0 aliphatic carbocycles. The summed E-state index contributed by atoms with van der Waals surface area (Å²) in [4.78, 5) is 12.7. The maximum atomic E-state index is 14.5. The van der Waals surface area contributed by atoms with Crippen LogP contribution < -0.4 is 5.32 Å². The average molecular weight is 373 g/mol. The number of carbonyl (C=O) groups is 1. The Labute approximate surface area is 160 Å². The SMILES string of the molecule is O=C(N[C@@H](c1nnc(-c2ccccc2)o1)c1ccccc1F)c1ccccc1. The van der Waals surface area contributed by atoms with E-state index in [9.17, 15) is 9.18 Å². The summed E-state index contributed by atoms with van der Waals surface area (Å²) in [6, 6.07) is 23.2. The first-order valence-electron chi connectivity index (χ1n) is 8.71. The largest absolute Gasteiger partial charge is 0.418 e. The van der Waals surface area contributed by atoms with E-state index in [4.69, 9.17) is 4.42 Å². The van der Waals surface area contributed by atoms with Gasteiger partial charge in [0.05, 0.1) is 0 Å². The number of nitrogens with one attached hydrogen (secondary N) is 1. The molecule has 138 valence electrons. The number of carbonyl (C=O) groups excluding carboxylic acids is 1. The minimum Gasteiger partial charge on any atom is -0.418 e. The van der Waals surface area contributed by atoms with Gasteiger partial charge in [0.25, 0.3) is 5.91 Å². The molecule has 1 amide bonds. The first-order valence-corrected chi connectivity index (χ1v) is 8.71. The Bertz CT molecular complexity index is 1080. The Kier molecular flexibility index (Phi) is 4.93. The minimum absolute atomic E-state index is 0.105. The summed E-state index contributed by atoms with van der Waals surface area (Å²) in [5.74, 6) is -0.437. The third-order valence-corrected chi connectivity index (χ3v) is 4.24. The summed E-state index contributed by atoms with van der Waals surface area (Å²) in [6.07, 6.45) is 0. The van der Waals surface area contributed by atoms with E-state index in [2.05, 4.69) is 15.5 Å². The number of halogens is 1. The molecule has 1 N–H and O–H groups in total. The monoisotopic (exact) mass is 373 g/mol. The van der Waals surface area contributed by atoms with Crippen molar-refractivity contribution in [3.05, 3.63) is 108 Å². The lowest BCUT2D eigenvalue weighted by atomic mass is 10.1. The van der Waals surface area contributed by atoms with Crippen molar-refractivity contribution >= 4 is 5.91 Å². The van der Waals surface area contributed by atoms with Crippen LogP contribution in [-0.4, -0.2) is 16.1 Å². The van der Waals surface area contributed by atoms with Gasteiger partial charge in [-0.15, -0.1) is 10.2 Å². The quantitative estimate of drug-likeness (QED) is 0.563. The summed E-state index contributed by atoms with van der Waals surface area (Å²) < 4.78 is 20.2. The van der Waals surface area contributed by atoms with Gasteiger partial charge in [-0.25, -0.2) is 4.39 Å². The summed E-state index contributed by atoms with van der Waals surface area (Å²) in [6.45, 7) is 0. The zero-order valence-corrected chi connectivity index (χ0v) is 14.7. The van der Waals surface area contributed by atoms with Gasteiger partial charge < -0.3 is 9.73 Å². The van der Waals surface area contributed by atoms with Crippen molar-refractivity contribution in [3.63, 3.8) is 0 Å². The number of rotatable bonds is 5. The van der Waals surface area contributed by atoms with E-state index in [1.807, 2.05) is 36.4 Å². The Balaban J connectivity index is 1.71. The Hall–Kier alpha value is -3.80. The Morgan fingerprint density at radius 3 is 2.21 bits per heavy atom. The first kappa shape index (κ1) is 17.6. The molecule has 0 aliphatic heterocycles. The van der Waals surface area contributed by atoms with Crippen LogP contribution in [-0.2, 0) is 0 Å². The van der Waals surface area contributed by atoms with Crippen LogP contribution in [0.5, 0.6) is 0 Å². The number of benzene rings is 3. The topological polar surface area (TPSA) is 68.0 Å². The molecule has 6 heteroatoms. The highest BCUT2D eigenvalue weighted by atomic mass is 19.1. The normalized spacial score (nSPS) is 11.8. The fourth-order valence-electron chi connectivity index (χ4n) is 2.83. The van der Waals surface area contributed by atoms with Gasteiger partial charge in [-0.05, 0) is 30.3 Å². The lowest BCUT2D eigenvalue weighted by Gasteiger charge is -2.16. The molecule has 0 saturated heterocycles. The van der Waals surface area contributed by atoms with E-state index < -0.39 is 11.9 Å². The molecule has 0 unspecified atom stereocenters. The van der Waals surface area contributed by atoms with Crippen LogP contribution in [0.3, 0.4) is 0 Å². The molecule has 5 nitrogen and oxygen atoms in total. The lowest BCUT2D eigenvalue weighted by molar-refractivity contribution is 0.0937. The lowest BCUT2D eigenvalue weighted by Crippen LogP contribution is -2.30. The molecule has 0 bridgehead atoms. The summed E-state index contributed by atoms with van der Waals surface area (Å²) in [5.41, 5.74) is 1.43. The molecule has 0 aliphatic rings. The number of nitrogens with zero attached hydrogens (tertiary/aromatic N) is 2.